The molecule has 0 aromatic rings. The first kappa shape index (κ1) is 18.8. The second-order valence-electron chi connectivity index (χ2n) is 4.95. The van der Waals surface area contributed by atoms with Crippen molar-refractivity contribution in [3.05, 3.63) is 0 Å². The molecular formula is C15H35N3O. The van der Waals surface area contributed by atoms with E-state index in [1.807, 2.05) is 27.7 Å². The third-order valence-corrected chi connectivity index (χ3v) is 3.56. The smallest absolute Gasteiger partial charge is 0.0558 e. The Balaban J connectivity index is 0.000000741. The van der Waals surface area contributed by atoms with Crippen LogP contribution >= 0.6 is 0 Å². The van der Waals surface area contributed by atoms with Crippen LogP contribution in [0.2, 0.25) is 0 Å². The lowest BCUT2D eigenvalue weighted by Gasteiger charge is -2.43. The summed E-state index contributed by atoms with van der Waals surface area (Å²) in [5.41, 5.74) is 0. The minimum absolute atomic E-state index is 0.307. The van der Waals surface area contributed by atoms with E-state index < -0.39 is 0 Å². The lowest BCUT2D eigenvalue weighted by Crippen LogP contribution is -2.54. The molecule has 19 heavy (non-hydrogen) atoms. The molecule has 0 radical (unpaired) electrons. The van der Waals surface area contributed by atoms with E-state index >= 15 is 0 Å². The highest BCUT2D eigenvalue weighted by molar-refractivity contribution is 4.83. The molecular weight excluding hydrogens is 238 g/mol. The fourth-order valence-electron chi connectivity index (χ4n) is 2.51. The number of likely N-dealkylation sites (N-methyl/N-ethyl adjacent to an activating group) is 1. The molecule has 0 spiro atoms. The average Bonchev–Trinajstić information content (AvgIpc) is 2.43. The fourth-order valence-corrected chi connectivity index (χ4v) is 2.51. The van der Waals surface area contributed by atoms with Gasteiger partial charge in [0.25, 0.3) is 0 Å². The van der Waals surface area contributed by atoms with Gasteiger partial charge in [-0.15, -0.1) is 0 Å². The number of aliphatic hydroxyl groups excluding tert-OH is 1. The maximum atomic E-state index is 8.78. The molecule has 0 aromatic carbocycles. The van der Waals surface area contributed by atoms with Crippen LogP contribution in [0.3, 0.4) is 0 Å². The average molecular weight is 273 g/mol. The van der Waals surface area contributed by atoms with Crippen molar-refractivity contribution in [1.29, 1.82) is 0 Å². The standard InChI is InChI=1S/C11H23N3O.2C2H6/c1-12-2-4-13(5-3-12)8-11-9-14(10-11)6-7-15;2*1-2/h11,15H,2-10H2,1H3;2*1-2H3. The van der Waals surface area contributed by atoms with Crippen LogP contribution in [0.5, 0.6) is 0 Å². The molecule has 0 aromatic heterocycles. The maximum Gasteiger partial charge on any atom is 0.0558 e. The molecule has 0 aliphatic carbocycles. The van der Waals surface area contributed by atoms with Crippen LogP contribution < -0.4 is 0 Å². The van der Waals surface area contributed by atoms with Crippen molar-refractivity contribution in [2.75, 3.05) is 66.0 Å². The number of piperazine rings is 1. The number of nitrogens with zero attached hydrogens (tertiary/aromatic N) is 3. The van der Waals surface area contributed by atoms with Gasteiger partial charge in [0.15, 0.2) is 0 Å². The highest BCUT2D eigenvalue weighted by Crippen LogP contribution is 2.16. The zero-order chi connectivity index (χ0) is 14.7. The molecule has 2 rings (SSSR count). The van der Waals surface area contributed by atoms with Gasteiger partial charge in [0.2, 0.25) is 0 Å². The zero-order valence-electron chi connectivity index (χ0n) is 13.7. The molecule has 0 saturated carbocycles. The summed E-state index contributed by atoms with van der Waals surface area (Å²) in [6.07, 6.45) is 0. The van der Waals surface area contributed by atoms with Crippen LogP contribution in [0.4, 0.5) is 0 Å². The van der Waals surface area contributed by atoms with Gasteiger partial charge >= 0.3 is 0 Å². The Labute approximate surface area is 120 Å². The van der Waals surface area contributed by atoms with Gasteiger partial charge in [-0.3, -0.25) is 0 Å². The van der Waals surface area contributed by atoms with Gasteiger partial charge in [-0.05, 0) is 13.0 Å². The highest BCUT2D eigenvalue weighted by atomic mass is 16.3. The Morgan fingerprint density at radius 2 is 1.42 bits per heavy atom. The Bertz CT molecular complexity index is 188. The van der Waals surface area contributed by atoms with Gasteiger partial charge in [-0.1, -0.05) is 27.7 Å². The van der Waals surface area contributed by atoms with E-state index in [-0.39, 0.29) is 0 Å². The first-order valence-corrected chi connectivity index (χ1v) is 8.02. The van der Waals surface area contributed by atoms with Crippen LogP contribution in [0, 0.1) is 5.92 Å². The van der Waals surface area contributed by atoms with E-state index in [2.05, 4.69) is 21.7 Å². The minimum Gasteiger partial charge on any atom is -0.395 e. The molecule has 1 N–H and O–H groups in total. The van der Waals surface area contributed by atoms with Gasteiger partial charge in [0.05, 0.1) is 6.61 Å². The molecule has 4 nitrogen and oxygen atoms in total. The van der Waals surface area contributed by atoms with Crippen molar-refractivity contribution >= 4 is 0 Å². The van der Waals surface area contributed by atoms with Gasteiger partial charge in [0.1, 0.15) is 0 Å². The summed E-state index contributed by atoms with van der Waals surface area (Å²) < 4.78 is 0. The van der Waals surface area contributed by atoms with Crippen LogP contribution in [-0.4, -0.2) is 85.8 Å². The lowest BCUT2D eigenvalue weighted by molar-refractivity contribution is 0.0403. The molecule has 2 saturated heterocycles. The number of hydrogen-bond acceptors (Lipinski definition) is 4. The molecule has 2 aliphatic heterocycles. The predicted molar refractivity (Wildman–Crippen MR) is 83.6 cm³/mol. The van der Waals surface area contributed by atoms with E-state index in [9.17, 15) is 0 Å². The second kappa shape index (κ2) is 11.6. The summed E-state index contributed by atoms with van der Waals surface area (Å²) in [7, 11) is 2.20. The summed E-state index contributed by atoms with van der Waals surface area (Å²) >= 11 is 0. The summed E-state index contributed by atoms with van der Waals surface area (Å²) in [6, 6.07) is 0. The summed E-state index contributed by atoms with van der Waals surface area (Å²) in [6.45, 7) is 17.7. The van der Waals surface area contributed by atoms with Crippen molar-refractivity contribution in [3.8, 4) is 0 Å². The van der Waals surface area contributed by atoms with Gasteiger partial charge in [-0.2, -0.15) is 0 Å². The van der Waals surface area contributed by atoms with Crippen molar-refractivity contribution < 1.29 is 5.11 Å². The molecule has 2 heterocycles. The third kappa shape index (κ3) is 7.25. The van der Waals surface area contributed by atoms with Crippen LogP contribution in [0.15, 0.2) is 0 Å². The molecule has 2 aliphatic rings. The largest absolute Gasteiger partial charge is 0.395 e. The van der Waals surface area contributed by atoms with Gasteiger partial charge in [0, 0.05) is 52.4 Å². The van der Waals surface area contributed by atoms with E-state index in [0.717, 1.165) is 12.5 Å². The van der Waals surface area contributed by atoms with Crippen LogP contribution in [0.25, 0.3) is 0 Å². The normalized spacial score (nSPS) is 21.8. The summed E-state index contributed by atoms with van der Waals surface area (Å²) in [5.74, 6) is 0.847. The molecule has 0 bridgehead atoms. The Kier molecular flexibility index (Phi) is 11.6. The molecule has 2 fully saturated rings. The second-order valence-corrected chi connectivity index (χ2v) is 4.95. The van der Waals surface area contributed by atoms with Crippen molar-refractivity contribution in [2.45, 2.75) is 27.7 Å². The Morgan fingerprint density at radius 1 is 0.895 bits per heavy atom. The van der Waals surface area contributed by atoms with E-state index in [1.165, 1.54) is 45.8 Å². The van der Waals surface area contributed by atoms with Crippen LogP contribution in [0.1, 0.15) is 27.7 Å². The van der Waals surface area contributed by atoms with E-state index in [1.54, 1.807) is 0 Å². The number of β-amino-alcohol motifs (C(OH)–C–C–N with tert-alkyl or cyclic N) is 1. The van der Waals surface area contributed by atoms with E-state index in [4.69, 9.17) is 5.11 Å². The molecule has 0 atom stereocenters. The quantitative estimate of drug-likeness (QED) is 0.834. The van der Waals surface area contributed by atoms with Gasteiger partial charge < -0.3 is 19.8 Å². The van der Waals surface area contributed by atoms with E-state index in [0.29, 0.717) is 6.61 Å². The number of aliphatic hydroxyl groups is 1. The number of likely N-dealkylation sites (tertiary alicyclic amines) is 1. The SMILES string of the molecule is CC.CC.CN1CCN(CC2CN(CCO)C2)CC1. The molecule has 0 unspecified atom stereocenters. The lowest BCUT2D eigenvalue weighted by atomic mass is 9.99. The number of rotatable bonds is 4. The first-order valence-electron chi connectivity index (χ1n) is 8.02. The first-order chi connectivity index (χ1) is 9.28. The van der Waals surface area contributed by atoms with Crippen molar-refractivity contribution in [3.63, 3.8) is 0 Å². The Hall–Kier alpha value is -0.160. The highest BCUT2D eigenvalue weighted by Gasteiger charge is 2.28. The zero-order valence-corrected chi connectivity index (χ0v) is 13.7. The molecule has 4 heteroatoms. The third-order valence-electron chi connectivity index (χ3n) is 3.56. The summed E-state index contributed by atoms with van der Waals surface area (Å²) in [4.78, 5) is 7.32. The Morgan fingerprint density at radius 3 is 1.89 bits per heavy atom. The minimum atomic E-state index is 0.307. The number of hydrogen-bond donors (Lipinski definition) is 1. The maximum absolute atomic E-state index is 8.78. The van der Waals surface area contributed by atoms with Crippen molar-refractivity contribution in [1.82, 2.24) is 14.7 Å². The molecule has 116 valence electrons. The fraction of sp³-hybridized carbons (Fsp3) is 1.00. The van der Waals surface area contributed by atoms with Crippen molar-refractivity contribution in [2.24, 2.45) is 5.92 Å². The predicted octanol–water partition coefficient (Wildman–Crippen LogP) is 1.21. The van der Waals surface area contributed by atoms with Gasteiger partial charge in [-0.25, -0.2) is 0 Å². The molecule has 0 amide bonds. The summed E-state index contributed by atoms with van der Waals surface area (Å²) in [5, 5.41) is 8.78. The topological polar surface area (TPSA) is 30.0 Å². The monoisotopic (exact) mass is 273 g/mol. The van der Waals surface area contributed by atoms with Crippen LogP contribution in [-0.2, 0) is 0 Å².